The molecule has 2 aromatic carbocycles. The van der Waals surface area contributed by atoms with Crippen LogP contribution in [0.15, 0.2) is 49.5 Å². The second-order valence-corrected chi connectivity index (χ2v) is 9.40. The summed E-state index contributed by atoms with van der Waals surface area (Å²) in [6, 6.07) is 5.73. The van der Waals surface area contributed by atoms with Crippen LogP contribution in [-0.2, 0) is 0 Å². The SMILES string of the molecule is Brc1cc(Br)c(Br)c(Oc2cc(Br)c(Br)c(Br)c2Br)c1. The van der Waals surface area contributed by atoms with E-state index in [1.807, 2.05) is 18.2 Å². The van der Waals surface area contributed by atoms with Crippen LogP contribution in [0.5, 0.6) is 11.5 Å². The van der Waals surface area contributed by atoms with Crippen LogP contribution in [0.4, 0.5) is 0 Å². The molecule has 0 saturated heterocycles. The molecule has 0 amide bonds. The fraction of sp³-hybridized carbons (Fsp3) is 0. The van der Waals surface area contributed by atoms with Gasteiger partial charge in [-0.1, -0.05) is 15.9 Å². The average Bonchev–Trinajstić information content (AvgIpc) is 2.39. The van der Waals surface area contributed by atoms with E-state index in [9.17, 15) is 0 Å². The fourth-order valence-corrected chi connectivity index (χ4v) is 4.90. The second-order valence-electron chi connectivity index (χ2n) is 3.60. The molecule has 106 valence electrons. The quantitative estimate of drug-likeness (QED) is 0.223. The van der Waals surface area contributed by atoms with Crippen LogP contribution in [0, 0.1) is 0 Å². The van der Waals surface area contributed by atoms with Gasteiger partial charge in [0.1, 0.15) is 11.5 Å². The van der Waals surface area contributed by atoms with Crippen molar-refractivity contribution >= 4 is 112 Å². The minimum absolute atomic E-state index is 0.692. The molecular formula is C12H3Br7O. The lowest BCUT2D eigenvalue weighted by Crippen LogP contribution is -1.90. The standard InChI is InChI=1S/C12H3Br7O/c13-4-1-5(14)9(16)7(2-4)20-8-3-6(15)10(17)12(19)11(8)18/h1-3H. The molecule has 0 heterocycles. The Morgan fingerprint density at radius 3 is 1.75 bits per heavy atom. The van der Waals surface area contributed by atoms with E-state index in [1.54, 1.807) is 0 Å². The van der Waals surface area contributed by atoms with Crippen LogP contribution in [0.2, 0.25) is 0 Å². The maximum absolute atomic E-state index is 5.98. The molecule has 2 aromatic rings. The van der Waals surface area contributed by atoms with Gasteiger partial charge in [-0.05, 0) is 114 Å². The smallest absolute Gasteiger partial charge is 0.144 e. The molecule has 0 aliphatic carbocycles. The third-order valence-corrected chi connectivity index (χ3v) is 9.31. The van der Waals surface area contributed by atoms with Crippen molar-refractivity contribution in [2.24, 2.45) is 0 Å². The molecule has 0 radical (unpaired) electrons. The van der Waals surface area contributed by atoms with Crippen LogP contribution in [0.3, 0.4) is 0 Å². The molecule has 8 heteroatoms. The molecule has 0 unspecified atom stereocenters. The van der Waals surface area contributed by atoms with Gasteiger partial charge >= 0.3 is 0 Å². The Labute approximate surface area is 175 Å². The predicted molar refractivity (Wildman–Crippen MR) is 107 cm³/mol. The first-order chi connectivity index (χ1) is 9.31. The molecule has 20 heavy (non-hydrogen) atoms. The van der Waals surface area contributed by atoms with Gasteiger partial charge in [0, 0.05) is 17.9 Å². The molecule has 0 spiro atoms. The summed E-state index contributed by atoms with van der Waals surface area (Å²) in [6.45, 7) is 0. The van der Waals surface area contributed by atoms with Crippen LogP contribution >= 0.6 is 112 Å². The lowest BCUT2D eigenvalue weighted by Gasteiger charge is -2.13. The molecular weight excluding hydrogens is 719 g/mol. The van der Waals surface area contributed by atoms with E-state index in [0.717, 1.165) is 31.3 Å². The molecule has 0 aliphatic rings. The first-order valence-electron chi connectivity index (χ1n) is 4.96. The zero-order valence-electron chi connectivity index (χ0n) is 9.29. The number of rotatable bonds is 2. The van der Waals surface area contributed by atoms with Gasteiger partial charge in [0.2, 0.25) is 0 Å². The van der Waals surface area contributed by atoms with Crippen LogP contribution in [0.25, 0.3) is 0 Å². The molecule has 2 rings (SSSR count). The largest absolute Gasteiger partial charge is 0.455 e. The maximum Gasteiger partial charge on any atom is 0.144 e. The van der Waals surface area contributed by atoms with Crippen molar-refractivity contribution in [2.45, 2.75) is 0 Å². The van der Waals surface area contributed by atoms with Crippen molar-refractivity contribution in [1.29, 1.82) is 0 Å². The molecule has 0 aromatic heterocycles. The number of hydrogen-bond donors (Lipinski definition) is 0. The van der Waals surface area contributed by atoms with Gasteiger partial charge in [0.15, 0.2) is 0 Å². The molecule has 1 nitrogen and oxygen atoms in total. The van der Waals surface area contributed by atoms with E-state index in [0.29, 0.717) is 11.5 Å². The van der Waals surface area contributed by atoms with Gasteiger partial charge in [-0.25, -0.2) is 0 Å². The highest BCUT2D eigenvalue weighted by molar-refractivity contribution is 9.15. The highest BCUT2D eigenvalue weighted by Crippen LogP contribution is 2.46. The fourth-order valence-electron chi connectivity index (χ4n) is 1.35. The Bertz CT molecular complexity index is 684. The Hall–Kier alpha value is 1.60. The first-order valence-corrected chi connectivity index (χ1v) is 10.5. The molecule has 0 atom stereocenters. The summed E-state index contributed by atoms with van der Waals surface area (Å²) in [7, 11) is 0. The van der Waals surface area contributed by atoms with Crippen molar-refractivity contribution in [3.05, 3.63) is 49.5 Å². The molecule has 0 aliphatic heterocycles. The summed E-state index contributed by atoms with van der Waals surface area (Å²) >= 11 is 24.4. The minimum atomic E-state index is 0.692. The third-order valence-electron chi connectivity index (χ3n) is 2.25. The van der Waals surface area contributed by atoms with E-state index in [2.05, 4.69) is 112 Å². The molecule has 0 saturated carbocycles. The first kappa shape index (κ1) is 17.9. The summed E-state index contributed by atoms with van der Waals surface area (Å²) in [5.74, 6) is 1.39. The van der Waals surface area contributed by atoms with Crippen molar-refractivity contribution in [3.63, 3.8) is 0 Å². The zero-order chi connectivity index (χ0) is 15.0. The minimum Gasteiger partial charge on any atom is -0.455 e. The van der Waals surface area contributed by atoms with Crippen molar-refractivity contribution in [3.8, 4) is 11.5 Å². The number of benzene rings is 2. The summed E-state index contributed by atoms with van der Waals surface area (Å²) in [5, 5.41) is 0. The Balaban J connectivity index is 2.51. The Morgan fingerprint density at radius 1 is 0.550 bits per heavy atom. The highest BCUT2D eigenvalue weighted by Gasteiger charge is 2.15. The molecule has 0 bridgehead atoms. The lowest BCUT2D eigenvalue weighted by molar-refractivity contribution is 0.475. The third kappa shape index (κ3) is 3.92. The van der Waals surface area contributed by atoms with E-state index in [-0.39, 0.29) is 0 Å². The summed E-state index contributed by atoms with van der Waals surface area (Å²) < 4.78 is 12.2. The number of hydrogen-bond acceptors (Lipinski definition) is 1. The monoisotopic (exact) mass is 715 g/mol. The summed E-state index contributed by atoms with van der Waals surface area (Å²) in [4.78, 5) is 0. The van der Waals surface area contributed by atoms with Crippen molar-refractivity contribution in [2.75, 3.05) is 0 Å². The highest BCUT2D eigenvalue weighted by atomic mass is 79.9. The Kier molecular flexibility index (Phi) is 6.68. The Morgan fingerprint density at radius 2 is 1.10 bits per heavy atom. The van der Waals surface area contributed by atoms with E-state index in [4.69, 9.17) is 4.74 Å². The summed E-state index contributed by atoms with van der Waals surface area (Å²) in [5.41, 5.74) is 0. The molecule has 0 N–H and O–H groups in total. The van der Waals surface area contributed by atoms with Crippen molar-refractivity contribution < 1.29 is 4.74 Å². The van der Waals surface area contributed by atoms with Gasteiger partial charge in [-0.2, -0.15) is 0 Å². The topological polar surface area (TPSA) is 9.23 Å². The number of halogens is 7. The van der Waals surface area contributed by atoms with Crippen LogP contribution in [-0.4, -0.2) is 0 Å². The second kappa shape index (κ2) is 7.45. The maximum atomic E-state index is 5.98. The predicted octanol–water partition coefficient (Wildman–Crippen LogP) is 8.82. The van der Waals surface area contributed by atoms with E-state index < -0.39 is 0 Å². The van der Waals surface area contributed by atoms with Gasteiger partial charge in [-0.15, -0.1) is 0 Å². The van der Waals surface area contributed by atoms with Gasteiger partial charge in [-0.3, -0.25) is 0 Å². The summed E-state index contributed by atoms with van der Waals surface area (Å²) in [6.07, 6.45) is 0. The van der Waals surface area contributed by atoms with E-state index in [1.165, 1.54) is 0 Å². The van der Waals surface area contributed by atoms with Crippen LogP contribution < -0.4 is 4.74 Å². The van der Waals surface area contributed by atoms with Gasteiger partial charge in [0.25, 0.3) is 0 Å². The zero-order valence-corrected chi connectivity index (χ0v) is 20.4. The normalized spacial score (nSPS) is 10.8. The van der Waals surface area contributed by atoms with Crippen molar-refractivity contribution in [1.82, 2.24) is 0 Å². The molecule has 0 fully saturated rings. The van der Waals surface area contributed by atoms with Crippen LogP contribution in [0.1, 0.15) is 0 Å². The average molecular weight is 722 g/mol. The van der Waals surface area contributed by atoms with Gasteiger partial charge < -0.3 is 4.74 Å². The van der Waals surface area contributed by atoms with Gasteiger partial charge in [0.05, 0.1) is 13.4 Å². The number of ether oxygens (including phenoxy) is 1. The van der Waals surface area contributed by atoms with E-state index >= 15 is 0 Å². The lowest BCUT2D eigenvalue weighted by atomic mass is 10.3.